The van der Waals surface area contributed by atoms with Crippen molar-refractivity contribution in [1.29, 1.82) is 0 Å². The van der Waals surface area contributed by atoms with Crippen molar-refractivity contribution >= 4 is 29.5 Å². The van der Waals surface area contributed by atoms with E-state index in [0.717, 1.165) is 12.1 Å². The van der Waals surface area contributed by atoms with Crippen LogP contribution in [0.25, 0.3) is 0 Å². The van der Waals surface area contributed by atoms with E-state index in [9.17, 15) is 24.5 Å². The lowest BCUT2D eigenvalue weighted by Crippen LogP contribution is -2.22. The molecular formula is C17H14N2O7. The van der Waals surface area contributed by atoms with Gasteiger partial charge < -0.3 is 14.8 Å². The standard InChI is InChI=1S/C17H14N2O7/c1-25-17(22)13-4-2-3-5-14(13)18-16(21)10-26-15-7-6-12(19(23)24)8-11(15)9-20/h2-9H,10H2,1H3,(H,18,21). The Balaban J connectivity index is 2.07. The number of carbonyl (C=O) groups is 3. The Morgan fingerprint density at radius 2 is 1.96 bits per heavy atom. The maximum absolute atomic E-state index is 12.0. The molecule has 0 fully saturated rings. The first-order chi connectivity index (χ1) is 12.5. The zero-order chi connectivity index (χ0) is 19.1. The topological polar surface area (TPSA) is 125 Å². The molecule has 2 rings (SSSR count). The normalized spacial score (nSPS) is 9.88. The molecule has 1 amide bonds. The Labute approximate surface area is 147 Å². The molecule has 1 N–H and O–H groups in total. The third-order valence-electron chi connectivity index (χ3n) is 3.30. The molecule has 0 atom stereocenters. The van der Waals surface area contributed by atoms with Crippen LogP contribution in [0.1, 0.15) is 20.7 Å². The second-order valence-corrected chi connectivity index (χ2v) is 4.97. The summed E-state index contributed by atoms with van der Waals surface area (Å²) < 4.78 is 9.87. The Bertz CT molecular complexity index is 864. The van der Waals surface area contributed by atoms with Gasteiger partial charge in [-0.3, -0.25) is 19.7 Å². The van der Waals surface area contributed by atoms with Gasteiger partial charge in [0.25, 0.3) is 11.6 Å². The van der Waals surface area contributed by atoms with Crippen molar-refractivity contribution in [3.05, 3.63) is 63.7 Å². The van der Waals surface area contributed by atoms with Crippen molar-refractivity contribution in [3.63, 3.8) is 0 Å². The molecule has 0 bridgehead atoms. The molecule has 0 spiro atoms. The largest absolute Gasteiger partial charge is 0.483 e. The Morgan fingerprint density at radius 1 is 1.23 bits per heavy atom. The number of aldehydes is 1. The van der Waals surface area contributed by atoms with Crippen LogP contribution in [0.4, 0.5) is 11.4 Å². The molecular weight excluding hydrogens is 344 g/mol. The number of esters is 1. The molecule has 26 heavy (non-hydrogen) atoms. The smallest absolute Gasteiger partial charge is 0.339 e. The van der Waals surface area contributed by atoms with Gasteiger partial charge in [-0.05, 0) is 18.2 Å². The summed E-state index contributed by atoms with van der Waals surface area (Å²) in [4.78, 5) is 44.8. The van der Waals surface area contributed by atoms with E-state index in [2.05, 4.69) is 10.1 Å². The van der Waals surface area contributed by atoms with Crippen molar-refractivity contribution in [2.75, 3.05) is 19.0 Å². The van der Waals surface area contributed by atoms with Crippen molar-refractivity contribution in [1.82, 2.24) is 0 Å². The summed E-state index contributed by atoms with van der Waals surface area (Å²) in [7, 11) is 1.22. The Kier molecular flexibility index (Phi) is 5.99. The number of methoxy groups -OCH3 is 1. The lowest BCUT2D eigenvalue weighted by atomic mass is 10.2. The summed E-state index contributed by atoms with van der Waals surface area (Å²) in [5.41, 5.74) is 0.0948. The molecule has 0 heterocycles. The second-order valence-electron chi connectivity index (χ2n) is 4.97. The lowest BCUT2D eigenvalue weighted by molar-refractivity contribution is -0.384. The van der Waals surface area contributed by atoms with Gasteiger partial charge in [-0.15, -0.1) is 0 Å². The van der Waals surface area contributed by atoms with E-state index in [1.54, 1.807) is 12.1 Å². The number of amides is 1. The van der Waals surface area contributed by atoms with E-state index in [4.69, 9.17) is 4.74 Å². The fourth-order valence-electron chi connectivity index (χ4n) is 2.08. The van der Waals surface area contributed by atoms with Gasteiger partial charge in [-0.2, -0.15) is 0 Å². The summed E-state index contributed by atoms with van der Waals surface area (Å²) in [6.07, 6.45) is 0.396. The molecule has 0 saturated carbocycles. The molecule has 9 nitrogen and oxygen atoms in total. The Morgan fingerprint density at radius 3 is 2.62 bits per heavy atom. The number of nitrogens with one attached hydrogen (secondary N) is 1. The Hall–Kier alpha value is -3.75. The fourth-order valence-corrected chi connectivity index (χ4v) is 2.08. The molecule has 0 aliphatic heterocycles. The summed E-state index contributed by atoms with van der Waals surface area (Å²) in [5.74, 6) is -1.17. The molecule has 134 valence electrons. The summed E-state index contributed by atoms with van der Waals surface area (Å²) in [6, 6.07) is 9.70. The van der Waals surface area contributed by atoms with Crippen molar-refractivity contribution in [3.8, 4) is 5.75 Å². The number of hydrogen-bond donors (Lipinski definition) is 1. The van der Waals surface area contributed by atoms with Crippen LogP contribution in [-0.4, -0.2) is 36.8 Å². The minimum Gasteiger partial charge on any atom is -0.483 e. The van der Waals surface area contributed by atoms with Crippen LogP contribution in [0.5, 0.6) is 5.75 Å². The highest BCUT2D eigenvalue weighted by Gasteiger charge is 2.15. The number of nitro groups is 1. The fraction of sp³-hybridized carbons (Fsp3) is 0.118. The number of para-hydroxylation sites is 1. The van der Waals surface area contributed by atoms with Gasteiger partial charge >= 0.3 is 5.97 Å². The van der Waals surface area contributed by atoms with Gasteiger partial charge in [0.2, 0.25) is 0 Å². The summed E-state index contributed by atoms with van der Waals surface area (Å²) in [6.45, 7) is -0.464. The zero-order valence-corrected chi connectivity index (χ0v) is 13.6. The first-order valence-corrected chi connectivity index (χ1v) is 7.30. The predicted octanol–water partition coefficient (Wildman–Crippen LogP) is 2.21. The number of benzene rings is 2. The first-order valence-electron chi connectivity index (χ1n) is 7.30. The molecule has 0 unspecified atom stereocenters. The van der Waals surface area contributed by atoms with E-state index in [1.165, 1.54) is 25.3 Å². The van der Waals surface area contributed by atoms with Crippen LogP contribution >= 0.6 is 0 Å². The molecule has 2 aromatic rings. The molecule has 9 heteroatoms. The molecule has 0 radical (unpaired) electrons. The van der Waals surface area contributed by atoms with E-state index < -0.39 is 23.4 Å². The van der Waals surface area contributed by atoms with Crippen LogP contribution < -0.4 is 10.1 Å². The van der Waals surface area contributed by atoms with Gasteiger partial charge in [0.05, 0.1) is 28.8 Å². The van der Waals surface area contributed by atoms with E-state index in [-0.39, 0.29) is 28.3 Å². The number of non-ortho nitro benzene ring substituents is 1. The van der Waals surface area contributed by atoms with Crippen LogP contribution in [0.3, 0.4) is 0 Å². The molecule has 0 aliphatic carbocycles. The van der Waals surface area contributed by atoms with E-state index >= 15 is 0 Å². The van der Waals surface area contributed by atoms with Gasteiger partial charge in [0.1, 0.15) is 5.75 Å². The highest BCUT2D eigenvalue weighted by Crippen LogP contribution is 2.23. The quantitative estimate of drug-likeness (QED) is 0.348. The van der Waals surface area contributed by atoms with Gasteiger partial charge in [-0.1, -0.05) is 12.1 Å². The molecule has 0 aliphatic rings. The number of nitrogens with zero attached hydrogens (tertiary/aromatic N) is 1. The monoisotopic (exact) mass is 358 g/mol. The lowest BCUT2D eigenvalue weighted by Gasteiger charge is -2.11. The number of ether oxygens (including phenoxy) is 2. The number of nitro benzene ring substituents is 1. The highest BCUT2D eigenvalue weighted by molar-refractivity contribution is 6.01. The van der Waals surface area contributed by atoms with Crippen LogP contribution in [0.2, 0.25) is 0 Å². The van der Waals surface area contributed by atoms with Crippen molar-refractivity contribution in [2.45, 2.75) is 0 Å². The average Bonchev–Trinajstić information content (AvgIpc) is 2.65. The molecule has 0 aromatic heterocycles. The van der Waals surface area contributed by atoms with E-state index in [0.29, 0.717) is 6.29 Å². The zero-order valence-electron chi connectivity index (χ0n) is 13.6. The molecule has 0 saturated heterocycles. The number of anilines is 1. The van der Waals surface area contributed by atoms with Gasteiger partial charge in [-0.25, -0.2) is 4.79 Å². The molecule has 2 aromatic carbocycles. The first kappa shape index (κ1) is 18.6. The van der Waals surface area contributed by atoms with Crippen molar-refractivity contribution in [2.24, 2.45) is 0 Å². The van der Waals surface area contributed by atoms with E-state index in [1.807, 2.05) is 0 Å². The minimum atomic E-state index is -0.646. The summed E-state index contributed by atoms with van der Waals surface area (Å²) in [5, 5.41) is 13.2. The summed E-state index contributed by atoms with van der Waals surface area (Å²) >= 11 is 0. The second kappa shape index (κ2) is 8.38. The number of rotatable bonds is 7. The number of carbonyl (C=O) groups excluding carboxylic acids is 3. The average molecular weight is 358 g/mol. The van der Waals surface area contributed by atoms with Gasteiger partial charge in [0, 0.05) is 12.1 Å². The SMILES string of the molecule is COC(=O)c1ccccc1NC(=O)COc1ccc([N+](=O)[O-])cc1C=O. The maximum Gasteiger partial charge on any atom is 0.339 e. The number of hydrogen-bond acceptors (Lipinski definition) is 7. The third-order valence-corrected chi connectivity index (χ3v) is 3.30. The van der Waals surface area contributed by atoms with Crippen LogP contribution in [-0.2, 0) is 9.53 Å². The van der Waals surface area contributed by atoms with Crippen LogP contribution in [0, 0.1) is 10.1 Å². The highest BCUT2D eigenvalue weighted by atomic mass is 16.6. The third kappa shape index (κ3) is 4.41. The van der Waals surface area contributed by atoms with Gasteiger partial charge in [0.15, 0.2) is 12.9 Å². The van der Waals surface area contributed by atoms with Crippen molar-refractivity contribution < 1.29 is 28.8 Å². The van der Waals surface area contributed by atoms with Crippen LogP contribution in [0.15, 0.2) is 42.5 Å². The minimum absolute atomic E-state index is 0.0296. The maximum atomic E-state index is 12.0. The predicted molar refractivity (Wildman–Crippen MR) is 90.4 cm³/mol.